The van der Waals surface area contributed by atoms with Gasteiger partial charge < -0.3 is 24.7 Å². The van der Waals surface area contributed by atoms with Crippen molar-refractivity contribution in [3.05, 3.63) is 35.5 Å². The van der Waals surface area contributed by atoms with Gasteiger partial charge >= 0.3 is 0 Å². The van der Waals surface area contributed by atoms with Crippen molar-refractivity contribution in [2.24, 2.45) is 5.41 Å². The molecule has 3 aromatic heterocycles. The van der Waals surface area contributed by atoms with E-state index in [1.54, 1.807) is 12.4 Å². The first kappa shape index (κ1) is 20.6. The third-order valence-corrected chi connectivity index (χ3v) is 6.13. The molecule has 0 aromatic carbocycles. The summed E-state index contributed by atoms with van der Waals surface area (Å²) in [5.74, 6) is 0.956. The SMILES string of the molecule is CCOc1nc(N2CC3(CCCNC3)C2)ncc1C(=O)Nc1cn2cc(C)nc2c(C)n1. The highest BCUT2D eigenvalue weighted by Crippen LogP contribution is 2.38. The highest BCUT2D eigenvalue weighted by atomic mass is 16.5. The zero-order valence-electron chi connectivity index (χ0n) is 18.7. The van der Waals surface area contributed by atoms with Gasteiger partial charge in [0.15, 0.2) is 5.65 Å². The molecule has 168 valence electrons. The lowest BCUT2D eigenvalue weighted by atomic mass is 9.74. The van der Waals surface area contributed by atoms with Crippen molar-refractivity contribution in [1.82, 2.24) is 29.7 Å². The molecule has 1 spiro atoms. The number of carbonyl (C=O) groups excluding carboxylic acids is 1. The summed E-state index contributed by atoms with van der Waals surface area (Å²) >= 11 is 0. The van der Waals surface area contributed by atoms with Gasteiger partial charge in [-0.3, -0.25) is 4.79 Å². The summed E-state index contributed by atoms with van der Waals surface area (Å²) in [5.41, 5.74) is 2.99. The molecule has 2 fully saturated rings. The van der Waals surface area contributed by atoms with E-state index in [0.29, 0.717) is 23.8 Å². The van der Waals surface area contributed by atoms with E-state index in [0.717, 1.165) is 43.2 Å². The summed E-state index contributed by atoms with van der Waals surface area (Å²) in [7, 11) is 0. The van der Waals surface area contributed by atoms with Crippen molar-refractivity contribution < 1.29 is 9.53 Å². The van der Waals surface area contributed by atoms with Crippen LogP contribution in [0, 0.1) is 19.3 Å². The predicted molar refractivity (Wildman–Crippen MR) is 120 cm³/mol. The van der Waals surface area contributed by atoms with E-state index in [1.807, 2.05) is 31.4 Å². The Morgan fingerprint density at radius 3 is 2.84 bits per heavy atom. The Bertz CT molecular complexity index is 1160. The van der Waals surface area contributed by atoms with Crippen LogP contribution in [0.4, 0.5) is 11.8 Å². The third-order valence-electron chi connectivity index (χ3n) is 6.13. The number of hydrogen-bond acceptors (Lipinski definition) is 8. The molecule has 0 aliphatic carbocycles. The van der Waals surface area contributed by atoms with E-state index in [2.05, 4.69) is 35.5 Å². The Morgan fingerprint density at radius 2 is 2.09 bits per heavy atom. The number of hydrogen-bond donors (Lipinski definition) is 2. The van der Waals surface area contributed by atoms with Crippen LogP contribution >= 0.6 is 0 Å². The second kappa shape index (κ2) is 8.01. The molecule has 1 amide bonds. The van der Waals surface area contributed by atoms with Crippen LogP contribution in [0.1, 0.15) is 41.5 Å². The molecule has 2 aliphatic heterocycles. The number of nitrogens with zero attached hydrogens (tertiary/aromatic N) is 6. The zero-order valence-corrected chi connectivity index (χ0v) is 18.7. The number of nitrogens with one attached hydrogen (secondary N) is 2. The van der Waals surface area contributed by atoms with E-state index >= 15 is 0 Å². The highest BCUT2D eigenvalue weighted by Gasteiger charge is 2.44. The molecule has 32 heavy (non-hydrogen) atoms. The molecule has 0 unspecified atom stereocenters. The topological polar surface area (TPSA) is 110 Å². The fourth-order valence-electron chi connectivity index (χ4n) is 4.63. The van der Waals surface area contributed by atoms with Crippen molar-refractivity contribution in [2.75, 3.05) is 43.0 Å². The molecule has 2 N–H and O–H groups in total. The molecule has 2 aliphatic rings. The molecule has 5 heterocycles. The molecule has 2 saturated heterocycles. The average Bonchev–Trinajstić information content (AvgIpc) is 3.13. The smallest absolute Gasteiger partial charge is 0.263 e. The van der Waals surface area contributed by atoms with Crippen LogP contribution in [-0.4, -0.2) is 63.0 Å². The number of piperidine rings is 1. The lowest BCUT2D eigenvalue weighted by molar-refractivity contribution is 0.102. The van der Waals surface area contributed by atoms with E-state index in [-0.39, 0.29) is 17.4 Å². The maximum Gasteiger partial charge on any atom is 0.263 e. The molecule has 0 bridgehead atoms. The minimum absolute atomic E-state index is 0.284. The Morgan fingerprint density at radius 1 is 1.25 bits per heavy atom. The van der Waals surface area contributed by atoms with Crippen molar-refractivity contribution in [2.45, 2.75) is 33.6 Å². The molecule has 5 rings (SSSR count). The van der Waals surface area contributed by atoms with E-state index in [9.17, 15) is 4.79 Å². The summed E-state index contributed by atoms with van der Waals surface area (Å²) in [5, 5.41) is 6.33. The fraction of sp³-hybridized carbons (Fsp3) is 0.500. The first-order valence-corrected chi connectivity index (χ1v) is 11.1. The molecular weight excluding hydrogens is 408 g/mol. The molecule has 3 aromatic rings. The maximum absolute atomic E-state index is 13.0. The van der Waals surface area contributed by atoms with Crippen molar-refractivity contribution in [3.63, 3.8) is 0 Å². The number of imidazole rings is 1. The number of ether oxygens (including phenoxy) is 1. The first-order valence-electron chi connectivity index (χ1n) is 11.1. The number of carbonyl (C=O) groups is 1. The third kappa shape index (κ3) is 3.75. The molecule has 10 heteroatoms. The average molecular weight is 437 g/mol. The Kier molecular flexibility index (Phi) is 5.16. The summed E-state index contributed by atoms with van der Waals surface area (Å²) in [6.45, 7) is 10.0. The van der Waals surface area contributed by atoms with Crippen molar-refractivity contribution >= 4 is 23.3 Å². The van der Waals surface area contributed by atoms with Crippen LogP contribution < -0.4 is 20.3 Å². The monoisotopic (exact) mass is 436 g/mol. The first-order chi connectivity index (χ1) is 15.5. The molecular formula is C22H28N8O2. The number of anilines is 2. The van der Waals surface area contributed by atoms with E-state index in [1.165, 1.54) is 12.8 Å². The van der Waals surface area contributed by atoms with Crippen LogP contribution in [0.2, 0.25) is 0 Å². The van der Waals surface area contributed by atoms with Crippen LogP contribution in [0.25, 0.3) is 5.65 Å². The quantitative estimate of drug-likeness (QED) is 0.625. The minimum Gasteiger partial charge on any atom is -0.477 e. The zero-order chi connectivity index (χ0) is 22.3. The molecule has 10 nitrogen and oxygen atoms in total. The van der Waals surface area contributed by atoms with Gasteiger partial charge in [0, 0.05) is 37.4 Å². The predicted octanol–water partition coefficient (Wildman–Crippen LogP) is 1.98. The van der Waals surface area contributed by atoms with Gasteiger partial charge in [-0.15, -0.1) is 0 Å². The lowest BCUT2D eigenvalue weighted by Crippen LogP contribution is -2.62. The van der Waals surface area contributed by atoms with E-state index < -0.39 is 0 Å². The van der Waals surface area contributed by atoms with Crippen LogP contribution in [0.5, 0.6) is 5.88 Å². The summed E-state index contributed by atoms with van der Waals surface area (Å²) in [6, 6.07) is 0. The number of rotatable bonds is 5. The fourth-order valence-corrected chi connectivity index (χ4v) is 4.63. The molecule has 0 atom stereocenters. The highest BCUT2D eigenvalue weighted by molar-refractivity contribution is 6.05. The number of amides is 1. The van der Waals surface area contributed by atoms with Crippen molar-refractivity contribution in [1.29, 1.82) is 0 Å². The van der Waals surface area contributed by atoms with Gasteiger partial charge in [0.05, 0.1) is 24.2 Å². The van der Waals surface area contributed by atoms with Gasteiger partial charge in [0.2, 0.25) is 11.8 Å². The van der Waals surface area contributed by atoms with Crippen molar-refractivity contribution in [3.8, 4) is 5.88 Å². The lowest BCUT2D eigenvalue weighted by Gasteiger charge is -2.52. The number of fused-ring (bicyclic) bond motifs is 1. The largest absolute Gasteiger partial charge is 0.477 e. The Balaban J connectivity index is 1.35. The van der Waals surface area contributed by atoms with E-state index in [4.69, 9.17) is 4.74 Å². The van der Waals surface area contributed by atoms with Crippen LogP contribution in [-0.2, 0) is 0 Å². The maximum atomic E-state index is 13.0. The van der Waals surface area contributed by atoms with Crippen LogP contribution in [0.15, 0.2) is 18.6 Å². The Hall–Kier alpha value is -3.27. The summed E-state index contributed by atoms with van der Waals surface area (Å²) < 4.78 is 7.56. The van der Waals surface area contributed by atoms with Gasteiger partial charge in [-0.05, 0) is 40.2 Å². The summed E-state index contributed by atoms with van der Waals surface area (Å²) in [4.78, 5) is 33.1. The molecule has 0 saturated carbocycles. The van der Waals surface area contributed by atoms with Crippen LogP contribution in [0.3, 0.4) is 0 Å². The second-order valence-corrected chi connectivity index (χ2v) is 8.74. The van der Waals surface area contributed by atoms with Gasteiger partial charge in [-0.25, -0.2) is 15.0 Å². The van der Waals surface area contributed by atoms with Gasteiger partial charge in [0.25, 0.3) is 5.91 Å². The van der Waals surface area contributed by atoms with Gasteiger partial charge in [-0.1, -0.05) is 0 Å². The minimum atomic E-state index is -0.361. The second-order valence-electron chi connectivity index (χ2n) is 8.74. The normalized spacial score (nSPS) is 17.4. The van der Waals surface area contributed by atoms with Gasteiger partial charge in [-0.2, -0.15) is 4.98 Å². The van der Waals surface area contributed by atoms with Gasteiger partial charge in [0.1, 0.15) is 11.4 Å². The summed E-state index contributed by atoms with van der Waals surface area (Å²) in [6.07, 6.45) is 7.61. The number of aromatic nitrogens is 5. The number of aryl methyl sites for hydroxylation is 2. The molecule has 0 radical (unpaired) electrons. The standard InChI is InChI=1S/C22H28N8O2/c1-4-32-20-16(8-24-21(28-20)30-12-22(13-30)6-5-7-23-11-22)19(31)27-17-10-29-9-14(2)25-18(29)15(3)26-17/h8-10,23H,4-7,11-13H2,1-3H3,(H,27,31). The Labute approximate surface area is 186 Å².